The van der Waals surface area contributed by atoms with Crippen molar-refractivity contribution in [3.05, 3.63) is 12.1 Å². The van der Waals surface area contributed by atoms with E-state index in [-0.39, 0.29) is 24.3 Å². The van der Waals surface area contributed by atoms with Gasteiger partial charge in [0.25, 0.3) is 0 Å². The molecule has 124 valence electrons. The number of sulfonamides is 1. The fourth-order valence-electron chi connectivity index (χ4n) is 1.71. The van der Waals surface area contributed by atoms with Crippen LogP contribution in [0.2, 0.25) is 0 Å². The van der Waals surface area contributed by atoms with Crippen LogP contribution >= 0.6 is 0 Å². The molecule has 0 saturated carbocycles. The van der Waals surface area contributed by atoms with E-state index in [1.165, 1.54) is 20.3 Å². The maximum Gasteiger partial charge on any atom is 0.229 e. The first-order valence-electron chi connectivity index (χ1n) is 6.49. The zero-order valence-corrected chi connectivity index (χ0v) is 13.4. The third-order valence-corrected chi connectivity index (χ3v) is 3.29. The SMILES string of the molecule is COCOc1c(NS(C)(=O)=O)cc(OCC2CO2)cc1OC. The van der Waals surface area contributed by atoms with E-state index < -0.39 is 10.0 Å². The lowest BCUT2D eigenvalue weighted by Gasteiger charge is -2.17. The maximum absolute atomic E-state index is 11.5. The Hall–Kier alpha value is -1.71. The number of hydrogen-bond donors (Lipinski definition) is 1. The number of ether oxygens (including phenoxy) is 5. The molecule has 22 heavy (non-hydrogen) atoms. The van der Waals surface area contributed by atoms with Crippen molar-refractivity contribution in [2.75, 3.05) is 45.2 Å². The highest BCUT2D eigenvalue weighted by Crippen LogP contribution is 2.40. The molecule has 1 N–H and O–H groups in total. The summed E-state index contributed by atoms with van der Waals surface area (Å²) in [5.41, 5.74) is 0.214. The predicted molar refractivity (Wildman–Crippen MR) is 79.2 cm³/mol. The number of anilines is 1. The monoisotopic (exact) mass is 333 g/mol. The van der Waals surface area contributed by atoms with Gasteiger partial charge in [0.2, 0.25) is 10.0 Å². The fraction of sp³-hybridized carbons (Fsp3) is 0.538. The molecule has 0 radical (unpaired) electrons. The van der Waals surface area contributed by atoms with Crippen LogP contribution in [0.3, 0.4) is 0 Å². The van der Waals surface area contributed by atoms with E-state index in [1.807, 2.05) is 0 Å². The summed E-state index contributed by atoms with van der Waals surface area (Å²) in [4.78, 5) is 0. The number of rotatable bonds is 9. The van der Waals surface area contributed by atoms with Gasteiger partial charge >= 0.3 is 0 Å². The summed E-state index contributed by atoms with van der Waals surface area (Å²) < 4.78 is 51.5. The number of nitrogens with one attached hydrogen (secondary N) is 1. The molecule has 1 unspecified atom stereocenters. The van der Waals surface area contributed by atoms with E-state index in [2.05, 4.69) is 4.72 Å². The first-order chi connectivity index (χ1) is 10.4. The highest BCUT2D eigenvalue weighted by molar-refractivity contribution is 7.92. The first-order valence-corrected chi connectivity index (χ1v) is 8.38. The normalized spacial score (nSPS) is 17.0. The van der Waals surface area contributed by atoms with Crippen molar-refractivity contribution in [2.45, 2.75) is 6.10 Å². The minimum Gasteiger partial charge on any atom is -0.493 e. The summed E-state index contributed by atoms with van der Waals surface area (Å²) in [5, 5.41) is 0. The van der Waals surface area contributed by atoms with Gasteiger partial charge in [0.15, 0.2) is 18.3 Å². The molecule has 0 bridgehead atoms. The van der Waals surface area contributed by atoms with Gasteiger partial charge in [0.05, 0.1) is 25.7 Å². The second-order valence-electron chi connectivity index (χ2n) is 4.69. The number of epoxide rings is 1. The van der Waals surface area contributed by atoms with Gasteiger partial charge in [-0.05, 0) is 0 Å². The van der Waals surface area contributed by atoms with E-state index in [4.69, 9.17) is 23.7 Å². The van der Waals surface area contributed by atoms with E-state index >= 15 is 0 Å². The van der Waals surface area contributed by atoms with Crippen LogP contribution in [0.1, 0.15) is 0 Å². The minimum atomic E-state index is -3.49. The molecule has 1 aromatic carbocycles. The Balaban J connectivity index is 2.30. The summed E-state index contributed by atoms with van der Waals surface area (Å²) in [6.07, 6.45) is 1.13. The third kappa shape index (κ3) is 4.93. The highest BCUT2D eigenvalue weighted by Gasteiger charge is 2.24. The van der Waals surface area contributed by atoms with Crippen LogP contribution in [0.5, 0.6) is 17.2 Å². The molecule has 1 atom stereocenters. The average Bonchev–Trinajstić information content (AvgIpc) is 3.25. The lowest BCUT2D eigenvalue weighted by molar-refractivity contribution is 0.0496. The quantitative estimate of drug-likeness (QED) is 0.528. The zero-order valence-electron chi connectivity index (χ0n) is 12.6. The van der Waals surface area contributed by atoms with Crippen LogP contribution in [0.15, 0.2) is 12.1 Å². The number of methoxy groups -OCH3 is 2. The van der Waals surface area contributed by atoms with Gasteiger partial charge in [-0.3, -0.25) is 4.72 Å². The zero-order chi connectivity index (χ0) is 16.2. The van der Waals surface area contributed by atoms with Crippen molar-refractivity contribution in [1.82, 2.24) is 0 Å². The van der Waals surface area contributed by atoms with Crippen molar-refractivity contribution >= 4 is 15.7 Å². The van der Waals surface area contributed by atoms with Crippen LogP contribution < -0.4 is 18.9 Å². The third-order valence-electron chi connectivity index (χ3n) is 2.70. The van der Waals surface area contributed by atoms with Gasteiger partial charge < -0.3 is 23.7 Å². The Morgan fingerprint density at radius 3 is 2.59 bits per heavy atom. The molecular weight excluding hydrogens is 314 g/mol. The molecule has 1 aromatic rings. The van der Waals surface area contributed by atoms with Crippen molar-refractivity contribution in [2.24, 2.45) is 0 Å². The molecular formula is C13H19NO7S. The van der Waals surface area contributed by atoms with Crippen LogP contribution in [0.25, 0.3) is 0 Å². The molecule has 0 spiro atoms. The average molecular weight is 333 g/mol. The topological polar surface area (TPSA) is 95.6 Å². The van der Waals surface area contributed by atoms with E-state index in [9.17, 15) is 8.42 Å². The number of hydrogen-bond acceptors (Lipinski definition) is 7. The van der Waals surface area contributed by atoms with Gasteiger partial charge in [0.1, 0.15) is 18.5 Å². The smallest absolute Gasteiger partial charge is 0.229 e. The molecule has 2 rings (SSSR count). The minimum absolute atomic E-state index is 0.0507. The molecule has 1 aliphatic rings. The fourth-order valence-corrected chi connectivity index (χ4v) is 2.26. The summed E-state index contributed by atoms with van der Waals surface area (Å²) in [6, 6.07) is 3.14. The first kappa shape index (κ1) is 16.7. The van der Waals surface area contributed by atoms with Gasteiger partial charge in [-0.1, -0.05) is 0 Å². The summed E-state index contributed by atoms with van der Waals surface area (Å²) >= 11 is 0. The lowest BCUT2D eigenvalue weighted by atomic mass is 10.2. The van der Waals surface area contributed by atoms with Crippen molar-refractivity contribution in [3.8, 4) is 17.2 Å². The van der Waals surface area contributed by atoms with Crippen molar-refractivity contribution < 1.29 is 32.1 Å². The molecule has 9 heteroatoms. The van der Waals surface area contributed by atoms with Gasteiger partial charge in [-0.15, -0.1) is 0 Å². The molecule has 0 aliphatic carbocycles. The predicted octanol–water partition coefficient (Wildman–Crippen LogP) is 0.827. The van der Waals surface area contributed by atoms with E-state index in [0.717, 1.165) is 6.26 Å². The number of benzene rings is 1. The van der Waals surface area contributed by atoms with Gasteiger partial charge in [-0.2, -0.15) is 0 Å². The molecule has 1 heterocycles. The van der Waals surface area contributed by atoms with E-state index in [0.29, 0.717) is 24.7 Å². The Bertz CT molecular complexity index is 613. The lowest BCUT2D eigenvalue weighted by Crippen LogP contribution is -2.13. The molecule has 1 fully saturated rings. The highest BCUT2D eigenvalue weighted by atomic mass is 32.2. The maximum atomic E-state index is 11.5. The van der Waals surface area contributed by atoms with Crippen LogP contribution in [0, 0.1) is 0 Å². The second-order valence-corrected chi connectivity index (χ2v) is 6.44. The Labute approximate surface area is 129 Å². The van der Waals surface area contributed by atoms with Crippen LogP contribution in [-0.2, 0) is 19.5 Å². The van der Waals surface area contributed by atoms with Crippen LogP contribution in [-0.4, -0.2) is 55.0 Å². The molecule has 0 amide bonds. The van der Waals surface area contributed by atoms with Crippen molar-refractivity contribution in [3.63, 3.8) is 0 Å². The standard InChI is InChI=1S/C13H19NO7S/c1-17-8-21-13-11(14-22(3,15)16)4-9(5-12(13)18-2)19-6-10-7-20-10/h4-5,10,14H,6-8H2,1-3H3. The van der Waals surface area contributed by atoms with Crippen molar-refractivity contribution in [1.29, 1.82) is 0 Å². The van der Waals surface area contributed by atoms with E-state index in [1.54, 1.807) is 6.07 Å². The second kappa shape index (κ2) is 7.03. The Kier molecular flexibility index (Phi) is 5.33. The largest absolute Gasteiger partial charge is 0.493 e. The Morgan fingerprint density at radius 2 is 2.05 bits per heavy atom. The molecule has 0 aromatic heterocycles. The van der Waals surface area contributed by atoms with Gasteiger partial charge in [-0.25, -0.2) is 8.42 Å². The summed E-state index contributed by atoms with van der Waals surface area (Å²) in [6.45, 7) is 1.01. The summed E-state index contributed by atoms with van der Waals surface area (Å²) in [5.74, 6) is 1.01. The van der Waals surface area contributed by atoms with Gasteiger partial charge in [0, 0.05) is 19.2 Å². The molecule has 1 aliphatic heterocycles. The summed E-state index contributed by atoms with van der Waals surface area (Å²) in [7, 11) is -0.579. The molecule has 8 nitrogen and oxygen atoms in total. The van der Waals surface area contributed by atoms with Crippen LogP contribution in [0.4, 0.5) is 5.69 Å². The Morgan fingerprint density at radius 1 is 1.32 bits per heavy atom. The molecule has 1 saturated heterocycles.